The number of nitrogens with one attached hydrogen (secondary N) is 1. The van der Waals surface area contributed by atoms with E-state index in [-0.39, 0.29) is 0 Å². The molecule has 1 fully saturated rings. The minimum absolute atomic E-state index is 0.523. The Kier molecular flexibility index (Phi) is 4.50. The lowest BCUT2D eigenvalue weighted by Crippen LogP contribution is -2.36. The minimum atomic E-state index is 0.523. The third kappa shape index (κ3) is 3.38. The first-order valence-corrected chi connectivity index (χ1v) is 7.36. The van der Waals surface area contributed by atoms with Crippen LogP contribution in [0.3, 0.4) is 0 Å². The number of hydrogen-bond donors (Lipinski definition) is 1. The number of hydrogen-bond acceptors (Lipinski definition) is 2. The molecule has 0 radical (unpaired) electrons. The molecule has 2 heteroatoms. The molecule has 0 saturated heterocycles. The average Bonchev–Trinajstić information content (AvgIpc) is 2.90. The fraction of sp³-hybridized carbons (Fsp3) is 0.750. The molecule has 0 spiro atoms. The largest absolute Gasteiger partial charge is 0.472 e. The van der Waals surface area contributed by atoms with Gasteiger partial charge in [-0.2, -0.15) is 0 Å². The fourth-order valence-corrected chi connectivity index (χ4v) is 3.02. The lowest BCUT2D eigenvalue weighted by Gasteiger charge is -2.39. The van der Waals surface area contributed by atoms with E-state index in [1.165, 1.54) is 37.7 Å². The van der Waals surface area contributed by atoms with E-state index in [1.54, 1.807) is 6.26 Å². The first kappa shape index (κ1) is 13.7. The van der Waals surface area contributed by atoms with Crippen molar-refractivity contribution in [2.45, 2.75) is 65.5 Å². The normalized spacial score (nSPS) is 25.3. The van der Waals surface area contributed by atoms with E-state index in [2.05, 4.69) is 26.1 Å². The molecule has 1 heterocycles. The lowest BCUT2D eigenvalue weighted by atomic mass is 9.69. The second-order valence-electron chi connectivity index (χ2n) is 6.40. The summed E-state index contributed by atoms with van der Waals surface area (Å²) in [5, 5.41) is 3.65. The van der Waals surface area contributed by atoms with Gasteiger partial charge in [-0.25, -0.2) is 0 Å². The predicted molar refractivity (Wildman–Crippen MR) is 75.4 cm³/mol. The van der Waals surface area contributed by atoms with Crippen LogP contribution in [-0.4, -0.2) is 6.04 Å². The topological polar surface area (TPSA) is 25.2 Å². The Labute approximate surface area is 111 Å². The van der Waals surface area contributed by atoms with Crippen molar-refractivity contribution >= 4 is 0 Å². The molecule has 1 aromatic rings. The molecule has 2 nitrogen and oxygen atoms in total. The summed E-state index contributed by atoms with van der Waals surface area (Å²) in [5.41, 5.74) is 1.78. The zero-order valence-electron chi connectivity index (χ0n) is 12.0. The van der Waals surface area contributed by atoms with Gasteiger partial charge in [-0.15, -0.1) is 0 Å². The Morgan fingerprint density at radius 2 is 2.00 bits per heavy atom. The van der Waals surface area contributed by atoms with Gasteiger partial charge >= 0.3 is 0 Å². The van der Waals surface area contributed by atoms with Crippen LogP contribution in [0.1, 0.15) is 58.4 Å². The summed E-state index contributed by atoms with van der Waals surface area (Å²) in [5.74, 6) is 0.912. The van der Waals surface area contributed by atoms with Crippen molar-refractivity contribution in [2.75, 3.05) is 0 Å². The Morgan fingerprint density at radius 1 is 1.28 bits per heavy atom. The summed E-state index contributed by atoms with van der Waals surface area (Å²) in [7, 11) is 0. The standard InChI is InChI=1S/C16H27NO/c1-4-16(2,3)14-5-7-15(8-6-14)17-11-13-9-10-18-12-13/h9-10,12,14-15,17H,4-8,11H2,1-3H3. The van der Waals surface area contributed by atoms with Gasteiger partial charge in [-0.1, -0.05) is 27.2 Å². The summed E-state index contributed by atoms with van der Waals surface area (Å²) < 4.78 is 5.09. The smallest absolute Gasteiger partial charge is 0.0947 e. The second-order valence-corrected chi connectivity index (χ2v) is 6.40. The van der Waals surface area contributed by atoms with Gasteiger partial charge < -0.3 is 9.73 Å². The third-order valence-electron chi connectivity index (χ3n) is 4.92. The highest BCUT2D eigenvalue weighted by Crippen LogP contribution is 2.40. The summed E-state index contributed by atoms with van der Waals surface area (Å²) in [4.78, 5) is 0. The fourth-order valence-electron chi connectivity index (χ4n) is 3.02. The van der Waals surface area contributed by atoms with Crippen molar-refractivity contribution in [3.8, 4) is 0 Å². The average molecular weight is 249 g/mol. The van der Waals surface area contributed by atoms with E-state index in [0.29, 0.717) is 11.5 Å². The minimum Gasteiger partial charge on any atom is -0.472 e. The van der Waals surface area contributed by atoms with Crippen LogP contribution in [0, 0.1) is 11.3 Å². The monoisotopic (exact) mass is 249 g/mol. The van der Waals surface area contributed by atoms with Crippen LogP contribution in [0.2, 0.25) is 0 Å². The summed E-state index contributed by atoms with van der Waals surface area (Å²) in [6, 6.07) is 2.74. The molecule has 102 valence electrons. The maximum Gasteiger partial charge on any atom is 0.0947 e. The van der Waals surface area contributed by atoms with E-state index in [0.717, 1.165) is 12.5 Å². The van der Waals surface area contributed by atoms with Crippen LogP contribution >= 0.6 is 0 Å². The van der Waals surface area contributed by atoms with Crippen molar-refractivity contribution in [1.82, 2.24) is 5.32 Å². The van der Waals surface area contributed by atoms with Gasteiger partial charge in [0, 0.05) is 18.2 Å². The van der Waals surface area contributed by atoms with Crippen LogP contribution in [-0.2, 0) is 6.54 Å². The van der Waals surface area contributed by atoms with Crippen LogP contribution < -0.4 is 5.32 Å². The molecule has 1 aromatic heterocycles. The van der Waals surface area contributed by atoms with Gasteiger partial charge in [0.2, 0.25) is 0 Å². The Hall–Kier alpha value is -0.760. The van der Waals surface area contributed by atoms with Gasteiger partial charge in [0.25, 0.3) is 0 Å². The van der Waals surface area contributed by atoms with Crippen molar-refractivity contribution in [3.63, 3.8) is 0 Å². The molecule has 0 bridgehead atoms. The van der Waals surface area contributed by atoms with Crippen molar-refractivity contribution in [2.24, 2.45) is 11.3 Å². The molecule has 1 aliphatic rings. The molecular weight excluding hydrogens is 222 g/mol. The van der Waals surface area contributed by atoms with E-state index >= 15 is 0 Å². The summed E-state index contributed by atoms with van der Waals surface area (Å²) in [6.45, 7) is 8.13. The van der Waals surface area contributed by atoms with Crippen LogP contribution in [0.25, 0.3) is 0 Å². The maximum atomic E-state index is 5.09. The summed E-state index contributed by atoms with van der Waals surface area (Å²) >= 11 is 0. The van der Waals surface area contributed by atoms with Crippen molar-refractivity contribution in [1.29, 1.82) is 0 Å². The second kappa shape index (κ2) is 5.92. The van der Waals surface area contributed by atoms with Gasteiger partial charge in [0.1, 0.15) is 0 Å². The SMILES string of the molecule is CCC(C)(C)C1CCC(NCc2ccoc2)CC1. The number of furan rings is 1. The zero-order valence-corrected chi connectivity index (χ0v) is 12.0. The maximum absolute atomic E-state index is 5.09. The molecule has 1 N–H and O–H groups in total. The highest BCUT2D eigenvalue weighted by atomic mass is 16.3. The van der Waals surface area contributed by atoms with E-state index in [9.17, 15) is 0 Å². The Balaban J connectivity index is 1.73. The molecule has 18 heavy (non-hydrogen) atoms. The quantitative estimate of drug-likeness (QED) is 0.838. The van der Waals surface area contributed by atoms with E-state index in [4.69, 9.17) is 4.42 Å². The molecular formula is C16H27NO. The number of rotatable bonds is 5. The molecule has 1 saturated carbocycles. The highest BCUT2D eigenvalue weighted by Gasteiger charge is 2.31. The zero-order chi connectivity index (χ0) is 13.0. The van der Waals surface area contributed by atoms with Gasteiger partial charge in [-0.05, 0) is 43.1 Å². The predicted octanol–water partition coefficient (Wildman–Crippen LogP) is 4.36. The van der Waals surface area contributed by atoms with E-state index in [1.807, 2.05) is 12.3 Å². The third-order valence-corrected chi connectivity index (χ3v) is 4.92. The lowest BCUT2D eigenvalue weighted by molar-refractivity contribution is 0.137. The molecule has 0 amide bonds. The first-order valence-electron chi connectivity index (χ1n) is 7.36. The van der Waals surface area contributed by atoms with E-state index < -0.39 is 0 Å². The molecule has 0 atom stereocenters. The molecule has 2 rings (SSSR count). The van der Waals surface area contributed by atoms with Gasteiger partial charge in [0.15, 0.2) is 0 Å². The molecule has 1 aliphatic carbocycles. The van der Waals surface area contributed by atoms with Crippen molar-refractivity contribution < 1.29 is 4.42 Å². The first-order chi connectivity index (χ1) is 8.62. The Bertz CT molecular complexity index is 334. The van der Waals surface area contributed by atoms with Crippen molar-refractivity contribution in [3.05, 3.63) is 24.2 Å². The molecule has 0 aliphatic heterocycles. The van der Waals surface area contributed by atoms with Crippen LogP contribution in [0.5, 0.6) is 0 Å². The van der Waals surface area contributed by atoms with Gasteiger partial charge in [0.05, 0.1) is 12.5 Å². The molecule has 0 aromatic carbocycles. The highest BCUT2D eigenvalue weighted by molar-refractivity contribution is 5.04. The molecule has 0 unspecified atom stereocenters. The van der Waals surface area contributed by atoms with Crippen LogP contribution in [0.15, 0.2) is 23.0 Å². The summed E-state index contributed by atoms with van der Waals surface area (Å²) in [6.07, 6.45) is 10.3. The van der Waals surface area contributed by atoms with Gasteiger partial charge in [-0.3, -0.25) is 0 Å². The van der Waals surface area contributed by atoms with Crippen LogP contribution in [0.4, 0.5) is 0 Å². The Morgan fingerprint density at radius 3 is 2.56 bits per heavy atom.